The van der Waals surface area contributed by atoms with Gasteiger partial charge in [0.25, 0.3) is 0 Å². The van der Waals surface area contributed by atoms with Crippen LogP contribution in [0.2, 0.25) is 5.02 Å². The first kappa shape index (κ1) is 12.5. The van der Waals surface area contributed by atoms with Crippen molar-refractivity contribution in [3.8, 4) is 6.07 Å². The van der Waals surface area contributed by atoms with E-state index in [1.165, 1.54) is 5.39 Å². The van der Waals surface area contributed by atoms with Gasteiger partial charge in [-0.05, 0) is 29.0 Å². The average Bonchev–Trinajstić information content (AvgIpc) is 2.49. The molecule has 1 N–H and O–H groups in total. The maximum atomic E-state index is 8.96. The van der Waals surface area contributed by atoms with Gasteiger partial charge in [-0.15, -0.1) is 0 Å². The number of hydrogen-bond acceptors (Lipinski definition) is 3. The molecule has 0 saturated heterocycles. The lowest BCUT2D eigenvalue weighted by Gasteiger charge is -2.09. The Labute approximate surface area is 121 Å². The van der Waals surface area contributed by atoms with E-state index >= 15 is 0 Å². The fraction of sp³-hybridized carbons (Fsp3) is 0. The monoisotopic (exact) mass is 279 g/mol. The third kappa shape index (κ3) is 2.29. The predicted molar refractivity (Wildman–Crippen MR) is 81.2 cm³/mol. The summed E-state index contributed by atoms with van der Waals surface area (Å²) >= 11 is 6.13. The first-order chi connectivity index (χ1) is 9.78. The number of anilines is 2. The molecule has 3 rings (SSSR count). The highest BCUT2D eigenvalue weighted by Crippen LogP contribution is 2.27. The van der Waals surface area contributed by atoms with Gasteiger partial charge in [-0.1, -0.05) is 41.9 Å². The number of nitriles is 1. The molecule has 3 aromatic rings. The molecule has 0 bridgehead atoms. The summed E-state index contributed by atoms with van der Waals surface area (Å²) in [4.78, 5) is 4.17. The van der Waals surface area contributed by atoms with Gasteiger partial charge in [-0.25, -0.2) is 4.98 Å². The molecule has 0 atom stereocenters. The Kier molecular flexibility index (Phi) is 3.24. The van der Waals surface area contributed by atoms with E-state index in [0.717, 1.165) is 11.1 Å². The topological polar surface area (TPSA) is 48.7 Å². The van der Waals surface area contributed by atoms with Crippen LogP contribution in [0.15, 0.2) is 54.7 Å². The van der Waals surface area contributed by atoms with E-state index in [2.05, 4.69) is 16.4 Å². The Morgan fingerprint density at radius 3 is 2.65 bits per heavy atom. The van der Waals surface area contributed by atoms with E-state index in [4.69, 9.17) is 16.9 Å². The van der Waals surface area contributed by atoms with Crippen LogP contribution >= 0.6 is 11.6 Å². The molecular formula is C16H10ClN3. The summed E-state index contributed by atoms with van der Waals surface area (Å²) in [6.45, 7) is 0. The normalized spacial score (nSPS) is 10.2. The average molecular weight is 280 g/mol. The zero-order valence-electron chi connectivity index (χ0n) is 10.5. The quantitative estimate of drug-likeness (QED) is 0.751. The smallest absolute Gasteiger partial charge is 0.150 e. The number of aromatic nitrogens is 1. The molecule has 0 aliphatic carbocycles. The van der Waals surface area contributed by atoms with Crippen molar-refractivity contribution in [2.24, 2.45) is 0 Å². The second-order valence-electron chi connectivity index (χ2n) is 4.32. The minimum atomic E-state index is 0.336. The molecule has 3 nitrogen and oxygen atoms in total. The summed E-state index contributed by atoms with van der Waals surface area (Å²) in [6.07, 6.45) is 1.56. The lowest BCUT2D eigenvalue weighted by molar-refractivity contribution is 1.29. The summed E-state index contributed by atoms with van der Waals surface area (Å²) in [5.41, 5.74) is 1.29. The maximum Gasteiger partial charge on any atom is 0.150 e. The summed E-state index contributed by atoms with van der Waals surface area (Å²) < 4.78 is 0. The lowest BCUT2D eigenvalue weighted by Crippen LogP contribution is -1.95. The van der Waals surface area contributed by atoms with Crippen LogP contribution < -0.4 is 5.32 Å². The summed E-state index contributed by atoms with van der Waals surface area (Å²) in [7, 11) is 0. The van der Waals surface area contributed by atoms with Gasteiger partial charge in [0.15, 0.2) is 5.82 Å². The Morgan fingerprint density at radius 1 is 1.05 bits per heavy atom. The number of halogens is 1. The second-order valence-corrected chi connectivity index (χ2v) is 4.70. The van der Waals surface area contributed by atoms with Crippen LogP contribution in [0.1, 0.15) is 5.56 Å². The van der Waals surface area contributed by atoms with Crippen molar-refractivity contribution in [3.63, 3.8) is 0 Å². The number of hydrogen-bond donors (Lipinski definition) is 1. The summed E-state index contributed by atoms with van der Waals surface area (Å²) in [5, 5.41) is 14.7. The minimum Gasteiger partial charge on any atom is -0.339 e. The molecule has 0 radical (unpaired) electrons. The van der Waals surface area contributed by atoms with E-state index in [1.54, 1.807) is 12.3 Å². The van der Waals surface area contributed by atoms with Crippen LogP contribution in [-0.2, 0) is 0 Å². The van der Waals surface area contributed by atoms with Crippen LogP contribution in [0.3, 0.4) is 0 Å². The van der Waals surface area contributed by atoms with Gasteiger partial charge in [0.1, 0.15) is 11.1 Å². The molecule has 0 saturated carbocycles. The highest BCUT2D eigenvalue weighted by atomic mass is 35.5. The van der Waals surface area contributed by atoms with E-state index in [9.17, 15) is 0 Å². The van der Waals surface area contributed by atoms with Crippen LogP contribution in [0.25, 0.3) is 10.8 Å². The van der Waals surface area contributed by atoms with E-state index in [0.29, 0.717) is 16.4 Å². The zero-order chi connectivity index (χ0) is 13.9. The number of rotatable bonds is 2. The van der Waals surface area contributed by atoms with Crippen LogP contribution in [-0.4, -0.2) is 4.98 Å². The molecule has 0 amide bonds. The highest BCUT2D eigenvalue weighted by molar-refractivity contribution is 6.34. The number of pyridine rings is 1. The van der Waals surface area contributed by atoms with Gasteiger partial charge in [-0.2, -0.15) is 5.26 Å². The molecule has 20 heavy (non-hydrogen) atoms. The molecule has 96 valence electrons. The number of nitrogens with one attached hydrogen (secondary N) is 1. The van der Waals surface area contributed by atoms with E-state index in [-0.39, 0.29) is 0 Å². The Morgan fingerprint density at radius 2 is 1.85 bits per heavy atom. The largest absolute Gasteiger partial charge is 0.339 e. The van der Waals surface area contributed by atoms with Crippen molar-refractivity contribution < 1.29 is 0 Å². The van der Waals surface area contributed by atoms with Crippen molar-refractivity contribution in [2.45, 2.75) is 0 Å². The van der Waals surface area contributed by atoms with Gasteiger partial charge in [0.2, 0.25) is 0 Å². The van der Waals surface area contributed by atoms with Crippen molar-refractivity contribution in [1.82, 2.24) is 4.98 Å². The Bertz CT molecular complexity index is 821. The number of fused-ring (bicyclic) bond motifs is 1. The van der Waals surface area contributed by atoms with Crippen molar-refractivity contribution in [3.05, 3.63) is 65.3 Å². The van der Waals surface area contributed by atoms with Crippen molar-refractivity contribution >= 4 is 33.9 Å². The van der Waals surface area contributed by atoms with Gasteiger partial charge in [0.05, 0.1) is 5.56 Å². The summed E-state index contributed by atoms with van der Waals surface area (Å²) in [6, 6.07) is 17.7. The SMILES string of the molecule is N#Cc1ccnc(Nc2ccc3ccccc3c2)c1Cl. The molecule has 0 spiro atoms. The fourth-order valence-electron chi connectivity index (χ4n) is 2.02. The molecule has 2 aromatic carbocycles. The van der Waals surface area contributed by atoms with Gasteiger partial charge in [0, 0.05) is 11.9 Å². The summed E-state index contributed by atoms with van der Waals surface area (Å²) in [5.74, 6) is 0.487. The molecule has 1 heterocycles. The van der Waals surface area contributed by atoms with E-state index < -0.39 is 0 Å². The first-order valence-electron chi connectivity index (χ1n) is 6.08. The van der Waals surface area contributed by atoms with Crippen molar-refractivity contribution in [1.29, 1.82) is 5.26 Å². The molecule has 4 heteroatoms. The Balaban J connectivity index is 1.99. The maximum absolute atomic E-state index is 8.96. The van der Waals surface area contributed by atoms with Crippen LogP contribution in [0, 0.1) is 11.3 Å². The third-order valence-electron chi connectivity index (χ3n) is 3.02. The van der Waals surface area contributed by atoms with Gasteiger partial charge < -0.3 is 5.32 Å². The van der Waals surface area contributed by atoms with E-state index in [1.807, 2.05) is 42.5 Å². The lowest BCUT2D eigenvalue weighted by atomic mass is 10.1. The fourth-order valence-corrected chi connectivity index (χ4v) is 2.22. The van der Waals surface area contributed by atoms with Crippen LogP contribution in [0.5, 0.6) is 0 Å². The van der Waals surface area contributed by atoms with Gasteiger partial charge in [-0.3, -0.25) is 0 Å². The highest BCUT2D eigenvalue weighted by Gasteiger charge is 2.07. The Hall–Kier alpha value is -2.57. The van der Waals surface area contributed by atoms with Gasteiger partial charge >= 0.3 is 0 Å². The third-order valence-corrected chi connectivity index (χ3v) is 3.40. The minimum absolute atomic E-state index is 0.336. The molecule has 0 unspecified atom stereocenters. The molecule has 0 fully saturated rings. The second kappa shape index (κ2) is 5.20. The molecule has 0 aliphatic rings. The zero-order valence-corrected chi connectivity index (χ0v) is 11.2. The number of nitrogens with zero attached hydrogens (tertiary/aromatic N) is 2. The molecular weight excluding hydrogens is 270 g/mol. The number of benzene rings is 2. The molecule has 0 aliphatic heterocycles. The predicted octanol–water partition coefficient (Wildman–Crippen LogP) is 4.50. The van der Waals surface area contributed by atoms with Crippen LogP contribution in [0.4, 0.5) is 11.5 Å². The standard InChI is InChI=1S/C16H10ClN3/c17-15-13(10-18)7-8-19-16(15)20-14-6-5-11-3-1-2-4-12(11)9-14/h1-9H,(H,19,20). The molecule has 1 aromatic heterocycles. The first-order valence-corrected chi connectivity index (χ1v) is 6.46. The van der Waals surface area contributed by atoms with Crippen molar-refractivity contribution in [2.75, 3.05) is 5.32 Å².